The number of carbonyl (C=O) groups is 1. The van der Waals surface area contributed by atoms with Gasteiger partial charge in [-0.1, -0.05) is 15.9 Å². The molecular formula is C8H14BrFO2. The first-order chi connectivity index (χ1) is 5.66. The van der Waals surface area contributed by atoms with E-state index in [0.29, 0.717) is 18.4 Å². The van der Waals surface area contributed by atoms with Crippen molar-refractivity contribution in [1.29, 1.82) is 0 Å². The number of hydrogen-bond donors (Lipinski definition) is 0. The van der Waals surface area contributed by atoms with Crippen LogP contribution >= 0.6 is 15.9 Å². The fourth-order valence-corrected chi connectivity index (χ4v) is 1.08. The van der Waals surface area contributed by atoms with Gasteiger partial charge in [-0.25, -0.2) is 4.39 Å². The zero-order valence-corrected chi connectivity index (χ0v) is 8.77. The molecule has 0 rings (SSSR count). The highest BCUT2D eigenvalue weighted by atomic mass is 79.9. The lowest BCUT2D eigenvalue weighted by molar-refractivity contribution is -0.141. The molecule has 0 radical (unpaired) electrons. The normalized spacial score (nSPS) is 12.6. The molecule has 0 aromatic rings. The van der Waals surface area contributed by atoms with Gasteiger partial charge in [0.2, 0.25) is 0 Å². The van der Waals surface area contributed by atoms with Crippen LogP contribution in [-0.4, -0.2) is 24.1 Å². The molecule has 0 aliphatic rings. The van der Waals surface area contributed by atoms with E-state index in [9.17, 15) is 9.18 Å². The molecule has 0 amide bonds. The Bertz CT molecular complexity index is 130. The molecule has 0 heterocycles. The number of esters is 1. The minimum absolute atomic E-state index is 0.271. The van der Waals surface area contributed by atoms with Gasteiger partial charge in [0, 0.05) is 12.3 Å². The summed E-state index contributed by atoms with van der Waals surface area (Å²) in [5.74, 6) is -0.271. The molecule has 72 valence electrons. The fourth-order valence-electron chi connectivity index (χ4n) is 0.761. The summed E-state index contributed by atoms with van der Waals surface area (Å²) in [7, 11) is 0. The van der Waals surface area contributed by atoms with E-state index in [1.54, 1.807) is 0 Å². The first kappa shape index (κ1) is 11.9. The smallest absolute Gasteiger partial charge is 0.302 e. The number of rotatable bonds is 6. The van der Waals surface area contributed by atoms with Crippen molar-refractivity contribution in [1.82, 2.24) is 0 Å². The molecular weight excluding hydrogens is 227 g/mol. The van der Waals surface area contributed by atoms with Crippen molar-refractivity contribution < 1.29 is 13.9 Å². The summed E-state index contributed by atoms with van der Waals surface area (Å²) < 4.78 is 17.2. The number of halogens is 2. The second kappa shape index (κ2) is 7.53. The Morgan fingerprint density at radius 2 is 2.25 bits per heavy atom. The molecule has 0 fully saturated rings. The summed E-state index contributed by atoms with van der Waals surface area (Å²) in [5.41, 5.74) is 0. The van der Waals surface area contributed by atoms with Crippen molar-refractivity contribution in [3.63, 3.8) is 0 Å². The number of carbonyl (C=O) groups excluding carboxylic acids is 1. The van der Waals surface area contributed by atoms with Crippen LogP contribution < -0.4 is 0 Å². The van der Waals surface area contributed by atoms with Crippen molar-refractivity contribution in [2.75, 3.05) is 11.9 Å². The van der Waals surface area contributed by atoms with Crippen LogP contribution in [-0.2, 0) is 9.53 Å². The molecule has 4 heteroatoms. The summed E-state index contributed by atoms with van der Waals surface area (Å²) in [4.78, 5) is 10.3. The first-order valence-corrected chi connectivity index (χ1v) is 5.12. The van der Waals surface area contributed by atoms with Crippen LogP contribution in [0.15, 0.2) is 0 Å². The van der Waals surface area contributed by atoms with Crippen LogP contribution in [0.2, 0.25) is 0 Å². The fraction of sp³-hybridized carbons (Fsp3) is 0.875. The van der Waals surface area contributed by atoms with E-state index in [2.05, 4.69) is 20.7 Å². The Morgan fingerprint density at radius 1 is 1.58 bits per heavy atom. The van der Waals surface area contributed by atoms with Crippen LogP contribution in [0.5, 0.6) is 0 Å². The average molecular weight is 241 g/mol. The van der Waals surface area contributed by atoms with Gasteiger partial charge in [-0.2, -0.15) is 0 Å². The average Bonchev–Trinajstić information content (AvgIpc) is 2.03. The number of unbranched alkanes of at least 4 members (excludes halogenated alkanes) is 1. The molecule has 0 bridgehead atoms. The van der Waals surface area contributed by atoms with E-state index >= 15 is 0 Å². The van der Waals surface area contributed by atoms with E-state index in [4.69, 9.17) is 0 Å². The standard InChI is InChI=1S/C8H14BrFO2/c1-7(11)12-5-3-2-4-8(10)6-9/h8H,2-6H2,1H3. The predicted molar refractivity (Wildman–Crippen MR) is 49.2 cm³/mol. The van der Waals surface area contributed by atoms with Gasteiger partial charge in [-0.05, 0) is 19.3 Å². The predicted octanol–water partition coefficient (Wildman–Crippen LogP) is 2.45. The summed E-state index contributed by atoms with van der Waals surface area (Å²) in [6.07, 6.45) is 1.27. The Hall–Kier alpha value is -0.120. The zero-order chi connectivity index (χ0) is 9.40. The molecule has 1 atom stereocenters. The molecule has 0 aliphatic heterocycles. The van der Waals surface area contributed by atoms with E-state index < -0.39 is 6.17 Å². The van der Waals surface area contributed by atoms with E-state index in [0.717, 1.165) is 12.8 Å². The van der Waals surface area contributed by atoms with Gasteiger partial charge in [-0.3, -0.25) is 4.79 Å². The minimum atomic E-state index is -0.776. The number of hydrogen-bond acceptors (Lipinski definition) is 2. The Morgan fingerprint density at radius 3 is 2.75 bits per heavy atom. The first-order valence-electron chi connectivity index (χ1n) is 4.00. The quantitative estimate of drug-likeness (QED) is 0.405. The summed E-state index contributed by atoms with van der Waals surface area (Å²) >= 11 is 3.05. The SMILES string of the molecule is CC(=O)OCCCCC(F)CBr. The molecule has 0 spiro atoms. The zero-order valence-electron chi connectivity index (χ0n) is 7.19. The van der Waals surface area contributed by atoms with Crippen LogP contribution in [0.4, 0.5) is 4.39 Å². The largest absolute Gasteiger partial charge is 0.466 e. The van der Waals surface area contributed by atoms with E-state index in [1.807, 2.05) is 0 Å². The van der Waals surface area contributed by atoms with Gasteiger partial charge in [0.15, 0.2) is 0 Å². The minimum Gasteiger partial charge on any atom is -0.466 e. The second-order valence-corrected chi connectivity index (χ2v) is 3.23. The molecule has 0 aromatic heterocycles. The Labute approximate surface area is 80.6 Å². The van der Waals surface area contributed by atoms with Crippen LogP contribution in [0.3, 0.4) is 0 Å². The lowest BCUT2D eigenvalue weighted by Crippen LogP contribution is -2.04. The third-order valence-electron chi connectivity index (χ3n) is 1.38. The van der Waals surface area contributed by atoms with Crippen LogP contribution in [0.25, 0.3) is 0 Å². The maximum atomic E-state index is 12.6. The molecule has 0 saturated heterocycles. The van der Waals surface area contributed by atoms with Gasteiger partial charge in [-0.15, -0.1) is 0 Å². The lowest BCUT2D eigenvalue weighted by Gasteiger charge is -2.03. The molecule has 0 aromatic carbocycles. The summed E-state index contributed by atoms with van der Waals surface area (Å²) in [6, 6.07) is 0. The van der Waals surface area contributed by atoms with Gasteiger partial charge in [0.05, 0.1) is 6.61 Å². The van der Waals surface area contributed by atoms with Gasteiger partial charge in [0.1, 0.15) is 6.17 Å². The van der Waals surface area contributed by atoms with Gasteiger partial charge >= 0.3 is 5.97 Å². The topological polar surface area (TPSA) is 26.3 Å². The van der Waals surface area contributed by atoms with Crippen molar-refractivity contribution in [2.45, 2.75) is 32.4 Å². The maximum absolute atomic E-state index is 12.6. The van der Waals surface area contributed by atoms with Crippen LogP contribution in [0.1, 0.15) is 26.2 Å². The highest BCUT2D eigenvalue weighted by molar-refractivity contribution is 9.09. The third-order valence-corrected chi connectivity index (χ3v) is 2.09. The Balaban J connectivity index is 3.05. The third kappa shape index (κ3) is 7.98. The highest BCUT2D eigenvalue weighted by Crippen LogP contribution is 2.07. The maximum Gasteiger partial charge on any atom is 0.302 e. The monoisotopic (exact) mass is 240 g/mol. The molecule has 0 saturated carbocycles. The summed E-state index contributed by atoms with van der Waals surface area (Å²) in [5, 5.41) is 0.389. The molecule has 1 unspecified atom stereocenters. The van der Waals surface area contributed by atoms with E-state index in [1.165, 1.54) is 6.92 Å². The van der Waals surface area contributed by atoms with Crippen molar-refractivity contribution in [3.8, 4) is 0 Å². The number of alkyl halides is 2. The summed E-state index contributed by atoms with van der Waals surface area (Å²) in [6.45, 7) is 1.78. The van der Waals surface area contributed by atoms with E-state index in [-0.39, 0.29) is 5.97 Å². The molecule has 0 aliphatic carbocycles. The van der Waals surface area contributed by atoms with Crippen molar-refractivity contribution in [2.24, 2.45) is 0 Å². The molecule has 2 nitrogen and oxygen atoms in total. The van der Waals surface area contributed by atoms with Crippen LogP contribution in [0, 0.1) is 0 Å². The van der Waals surface area contributed by atoms with Crippen molar-refractivity contribution in [3.05, 3.63) is 0 Å². The molecule has 0 N–H and O–H groups in total. The highest BCUT2D eigenvalue weighted by Gasteiger charge is 2.02. The second-order valence-electron chi connectivity index (χ2n) is 2.59. The lowest BCUT2D eigenvalue weighted by atomic mass is 10.2. The molecule has 12 heavy (non-hydrogen) atoms. The van der Waals surface area contributed by atoms with Crippen molar-refractivity contribution >= 4 is 21.9 Å². The van der Waals surface area contributed by atoms with Gasteiger partial charge < -0.3 is 4.74 Å². The van der Waals surface area contributed by atoms with Gasteiger partial charge in [0.25, 0.3) is 0 Å². The Kier molecular flexibility index (Phi) is 7.45. The number of ether oxygens (including phenoxy) is 1.